The molecule has 0 unspecified atom stereocenters. The number of rotatable bonds is 7. The maximum atomic E-state index is 4.07. The lowest BCUT2D eigenvalue weighted by atomic mass is 9.69. The van der Waals surface area contributed by atoms with Crippen molar-refractivity contribution >= 4 is 0 Å². The third kappa shape index (κ3) is 4.34. The Hall–Kier alpha value is -0.830. The first kappa shape index (κ1) is 15.6. The Morgan fingerprint density at radius 3 is 2.60 bits per heavy atom. The molecule has 0 aromatic carbocycles. The molecule has 1 aromatic rings. The van der Waals surface area contributed by atoms with E-state index < -0.39 is 0 Å². The number of nitrogens with one attached hydrogen (secondary N) is 1. The molecule has 1 N–H and O–H groups in total. The van der Waals surface area contributed by atoms with Crippen molar-refractivity contribution in [1.82, 2.24) is 14.9 Å². The van der Waals surface area contributed by atoms with E-state index >= 15 is 0 Å². The van der Waals surface area contributed by atoms with Crippen molar-refractivity contribution in [2.75, 3.05) is 6.54 Å². The first-order valence-electron chi connectivity index (χ1n) is 8.31. The number of hydrogen-bond acceptors (Lipinski definition) is 2. The highest BCUT2D eigenvalue weighted by atomic mass is 15.0. The molecule has 20 heavy (non-hydrogen) atoms. The zero-order valence-corrected chi connectivity index (χ0v) is 13.4. The Morgan fingerprint density at radius 1 is 1.25 bits per heavy atom. The van der Waals surface area contributed by atoms with Crippen LogP contribution in [0.2, 0.25) is 0 Å². The van der Waals surface area contributed by atoms with Crippen molar-refractivity contribution in [3.8, 4) is 0 Å². The topological polar surface area (TPSA) is 29.9 Å². The molecule has 1 aliphatic rings. The van der Waals surface area contributed by atoms with Gasteiger partial charge in [-0.1, -0.05) is 27.2 Å². The largest absolute Gasteiger partial charge is 0.337 e. The van der Waals surface area contributed by atoms with Crippen LogP contribution in [-0.2, 0) is 6.54 Å². The molecule has 0 spiro atoms. The third-order valence-electron chi connectivity index (χ3n) is 5.33. The maximum Gasteiger partial charge on any atom is 0.0945 e. The molecule has 114 valence electrons. The minimum Gasteiger partial charge on any atom is -0.337 e. The maximum absolute atomic E-state index is 4.07. The molecule has 3 heteroatoms. The molecule has 2 rings (SSSR count). The summed E-state index contributed by atoms with van der Waals surface area (Å²) in [5.74, 6) is 0.927. The molecule has 1 saturated carbocycles. The summed E-state index contributed by atoms with van der Waals surface area (Å²) in [4.78, 5) is 4.07. The summed E-state index contributed by atoms with van der Waals surface area (Å²) in [6, 6.07) is 0.752. The molecule has 3 nitrogen and oxygen atoms in total. The van der Waals surface area contributed by atoms with Crippen molar-refractivity contribution in [3.63, 3.8) is 0 Å². The van der Waals surface area contributed by atoms with E-state index in [2.05, 4.69) is 35.6 Å². The fraction of sp³-hybridized carbons (Fsp3) is 0.824. The minimum atomic E-state index is 0.534. The van der Waals surface area contributed by atoms with Crippen LogP contribution in [0.1, 0.15) is 59.3 Å². The second-order valence-corrected chi connectivity index (χ2v) is 7.00. The summed E-state index contributed by atoms with van der Waals surface area (Å²) < 4.78 is 2.16. The smallest absolute Gasteiger partial charge is 0.0945 e. The lowest BCUT2D eigenvalue weighted by Gasteiger charge is -2.39. The van der Waals surface area contributed by atoms with Gasteiger partial charge in [0.2, 0.25) is 0 Å². The summed E-state index contributed by atoms with van der Waals surface area (Å²) in [5, 5.41) is 3.74. The van der Waals surface area contributed by atoms with Gasteiger partial charge in [0.1, 0.15) is 0 Å². The summed E-state index contributed by atoms with van der Waals surface area (Å²) >= 11 is 0. The molecule has 0 aliphatic heterocycles. The molecular weight excluding hydrogens is 246 g/mol. The van der Waals surface area contributed by atoms with Gasteiger partial charge in [-0.15, -0.1) is 0 Å². The molecule has 1 aromatic heterocycles. The molecule has 1 heterocycles. The summed E-state index contributed by atoms with van der Waals surface area (Å²) in [5.41, 5.74) is 0.534. The predicted octanol–water partition coefficient (Wildman–Crippen LogP) is 3.86. The Kier molecular flexibility index (Phi) is 5.64. The van der Waals surface area contributed by atoms with E-state index in [0.717, 1.165) is 25.0 Å². The van der Waals surface area contributed by atoms with Gasteiger partial charge in [0, 0.05) is 25.0 Å². The summed E-state index contributed by atoms with van der Waals surface area (Å²) in [6.45, 7) is 9.42. The fourth-order valence-electron chi connectivity index (χ4n) is 3.35. The fourth-order valence-corrected chi connectivity index (χ4v) is 3.35. The van der Waals surface area contributed by atoms with E-state index in [1.165, 1.54) is 38.5 Å². The van der Waals surface area contributed by atoms with Gasteiger partial charge in [0.15, 0.2) is 0 Å². The Bertz CT molecular complexity index is 362. The van der Waals surface area contributed by atoms with E-state index in [9.17, 15) is 0 Å². The van der Waals surface area contributed by atoms with Gasteiger partial charge in [-0.2, -0.15) is 0 Å². The van der Waals surface area contributed by atoms with Crippen molar-refractivity contribution in [2.24, 2.45) is 11.3 Å². The second-order valence-electron chi connectivity index (χ2n) is 7.00. The zero-order chi connectivity index (χ0) is 14.4. The van der Waals surface area contributed by atoms with E-state index in [1.54, 1.807) is 0 Å². The summed E-state index contributed by atoms with van der Waals surface area (Å²) in [6.07, 6.45) is 13.8. The minimum absolute atomic E-state index is 0.534. The average Bonchev–Trinajstić information content (AvgIpc) is 2.97. The molecule has 1 fully saturated rings. The van der Waals surface area contributed by atoms with Crippen LogP contribution in [0.5, 0.6) is 0 Å². The van der Waals surface area contributed by atoms with Crippen LogP contribution in [0.3, 0.4) is 0 Å². The lowest BCUT2D eigenvalue weighted by Crippen LogP contribution is -2.37. The van der Waals surface area contributed by atoms with Gasteiger partial charge >= 0.3 is 0 Å². The van der Waals surface area contributed by atoms with Crippen molar-refractivity contribution < 1.29 is 0 Å². The van der Waals surface area contributed by atoms with Gasteiger partial charge in [-0.3, -0.25) is 0 Å². The number of imidazole rings is 1. The normalized spacial score (nSPS) is 23.9. The molecule has 0 atom stereocenters. The highest BCUT2D eigenvalue weighted by Gasteiger charge is 2.31. The van der Waals surface area contributed by atoms with Crippen LogP contribution >= 0.6 is 0 Å². The first-order valence-corrected chi connectivity index (χ1v) is 8.31. The SMILES string of the molecule is CCC(C)(C)C1CCC(NCCCn2ccnc2)CC1. The second kappa shape index (κ2) is 7.26. The standard InChI is InChI=1S/C17H31N3/c1-4-17(2,3)15-6-8-16(9-7-15)19-10-5-12-20-13-11-18-14-20/h11,13-16,19H,4-10,12H2,1-3H3. The number of aryl methyl sites for hydroxylation is 1. The summed E-state index contributed by atoms with van der Waals surface area (Å²) in [7, 11) is 0. The highest BCUT2D eigenvalue weighted by Crippen LogP contribution is 2.40. The monoisotopic (exact) mass is 277 g/mol. The van der Waals surface area contributed by atoms with Crippen LogP contribution in [0.4, 0.5) is 0 Å². The third-order valence-corrected chi connectivity index (χ3v) is 5.33. The highest BCUT2D eigenvalue weighted by molar-refractivity contribution is 4.85. The zero-order valence-electron chi connectivity index (χ0n) is 13.4. The van der Waals surface area contributed by atoms with E-state index in [1.807, 2.05) is 18.7 Å². The lowest BCUT2D eigenvalue weighted by molar-refractivity contribution is 0.137. The van der Waals surface area contributed by atoms with E-state index in [-0.39, 0.29) is 0 Å². The Morgan fingerprint density at radius 2 is 2.00 bits per heavy atom. The quantitative estimate of drug-likeness (QED) is 0.767. The van der Waals surface area contributed by atoms with Gasteiger partial charge in [0.25, 0.3) is 0 Å². The Balaban J connectivity index is 1.60. The van der Waals surface area contributed by atoms with Crippen molar-refractivity contribution in [1.29, 1.82) is 0 Å². The predicted molar refractivity (Wildman–Crippen MR) is 84.7 cm³/mol. The van der Waals surface area contributed by atoms with Gasteiger partial charge in [0.05, 0.1) is 6.33 Å². The van der Waals surface area contributed by atoms with Crippen LogP contribution in [0.25, 0.3) is 0 Å². The Labute approximate surface area is 124 Å². The van der Waals surface area contributed by atoms with Crippen LogP contribution in [-0.4, -0.2) is 22.1 Å². The number of nitrogens with zero attached hydrogens (tertiary/aromatic N) is 2. The van der Waals surface area contributed by atoms with Gasteiger partial charge < -0.3 is 9.88 Å². The van der Waals surface area contributed by atoms with E-state index in [0.29, 0.717) is 5.41 Å². The average molecular weight is 277 g/mol. The molecule has 1 aliphatic carbocycles. The molecule has 0 radical (unpaired) electrons. The molecule has 0 bridgehead atoms. The van der Waals surface area contributed by atoms with Crippen LogP contribution < -0.4 is 5.32 Å². The molecule has 0 amide bonds. The van der Waals surface area contributed by atoms with E-state index in [4.69, 9.17) is 0 Å². The molecule has 0 saturated heterocycles. The van der Waals surface area contributed by atoms with Crippen LogP contribution in [0.15, 0.2) is 18.7 Å². The van der Waals surface area contributed by atoms with Crippen molar-refractivity contribution in [2.45, 2.75) is 71.9 Å². The first-order chi connectivity index (χ1) is 9.62. The number of aromatic nitrogens is 2. The van der Waals surface area contributed by atoms with Crippen LogP contribution in [0, 0.1) is 11.3 Å². The van der Waals surface area contributed by atoms with Crippen molar-refractivity contribution in [3.05, 3.63) is 18.7 Å². The van der Waals surface area contributed by atoms with Gasteiger partial charge in [-0.25, -0.2) is 4.98 Å². The molecular formula is C17H31N3. The number of hydrogen-bond donors (Lipinski definition) is 1. The van der Waals surface area contributed by atoms with Gasteiger partial charge in [-0.05, 0) is 50.0 Å².